The molecule has 1 N–H and O–H groups in total. The Morgan fingerprint density at radius 2 is 1.81 bits per heavy atom. The van der Waals surface area contributed by atoms with Gasteiger partial charge in [-0.15, -0.1) is 0 Å². The minimum Gasteiger partial charge on any atom is -0.468 e. The monoisotopic (exact) mass is 221 g/mol. The van der Waals surface area contributed by atoms with Crippen molar-refractivity contribution in [3.8, 4) is 0 Å². The van der Waals surface area contributed by atoms with Crippen LogP contribution in [-0.2, 0) is 9.53 Å². The second-order valence-corrected chi connectivity index (χ2v) is 4.76. The summed E-state index contributed by atoms with van der Waals surface area (Å²) < 4.78 is 4.81. The van der Waals surface area contributed by atoms with Crippen molar-refractivity contribution in [3.05, 3.63) is 35.9 Å². The van der Waals surface area contributed by atoms with Crippen molar-refractivity contribution < 1.29 is 9.53 Å². The average Bonchev–Trinajstić information content (AvgIpc) is 2.25. The maximum atomic E-state index is 11.7. The molecule has 1 atom stereocenters. The lowest BCUT2D eigenvalue weighted by atomic mass is 10.0. The van der Waals surface area contributed by atoms with E-state index in [9.17, 15) is 4.79 Å². The van der Waals surface area contributed by atoms with E-state index < -0.39 is 6.04 Å². The Hall–Kier alpha value is -1.35. The van der Waals surface area contributed by atoms with Crippen LogP contribution in [0.25, 0.3) is 0 Å². The molecule has 0 spiro atoms. The molecule has 16 heavy (non-hydrogen) atoms. The third kappa shape index (κ3) is 3.66. The molecule has 0 heterocycles. The van der Waals surface area contributed by atoms with Crippen LogP contribution in [0, 0.1) is 0 Å². The van der Waals surface area contributed by atoms with Crippen molar-refractivity contribution >= 4 is 5.97 Å². The van der Waals surface area contributed by atoms with Gasteiger partial charge in [0.05, 0.1) is 7.11 Å². The highest BCUT2D eigenvalue weighted by molar-refractivity contribution is 5.77. The maximum absolute atomic E-state index is 11.7. The smallest absolute Gasteiger partial charge is 0.327 e. The number of esters is 1. The van der Waals surface area contributed by atoms with Crippen LogP contribution in [0.5, 0.6) is 0 Å². The lowest BCUT2D eigenvalue weighted by Gasteiger charge is -2.27. The van der Waals surface area contributed by atoms with Gasteiger partial charge >= 0.3 is 5.97 Å². The fourth-order valence-corrected chi connectivity index (χ4v) is 1.47. The number of rotatable bonds is 3. The molecule has 0 aliphatic rings. The van der Waals surface area contributed by atoms with Crippen LogP contribution in [0.15, 0.2) is 30.3 Å². The van der Waals surface area contributed by atoms with Gasteiger partial charge in [0, 0.05) is 5.54 Å². The summed E-state index contributed by atoms with van der Waals surface area (Å²) in [7, 11) is 1.41. The summed E-state index contributed by atoms with van der Waals surface area (Å²) in [6, 6.07) is 9.17. The molecule has 0 amide bonds. The van der Waals surface area contributed by atoms with Gasteiger partial charge in [-0.2, -0.15) is 0 Å². The highest BCUT2D eigenvalue weighted by atomic mass is 16.5. The van der Waals surface area contributed by atoms with Crippen LogP contribution in [0.1, 0.15) is 32.4 Å². The number of benzene rings is 1. The van der Waals surface area contributed by atoms with E-state index in [1.54, 1.807) is 0 Å². The molecule has 1 aromatic rings. The molecule has 0 saturated heterocycles. The first kappa shape index (κ1) is 12.7. The second kappa shape index (κ2) is 5.12. The Kier molecular flexibility index (Phi) is 4.07. The molecule has 1 rings (SSSR count). The molecule has 0 saturated carbocycles. The zero-order valence-electron chi connectivity index (χ0n) is 10.3. The van der Waals surface area contributed by atoms with E-state index in [0.717, 1.165) is 5.56 Å². The predicted molar refractivity (Wildman–Crippen MR) is 64.1 cm³/mol. The fraction of sp³-hybridized carbons (Fsp3) is 0.462. The van der Waals surface area contributed by atoms with Crippen LogP contribution in [0.2, 0.25) is 0 Å². The molecule has 0 aliphatic heterocycles. The number of carbonyl (C=O) groups excluding carboxylic acids is 1. The topological polar surface area (TPSA) is 38.3 Å². The average molecular weight is 221 g/mol. The zero-order chi connectivity index (χ0) is 12.2. The number of methoxy groups -OCH3 is 1. The lowest BCUT2D eigenvalue weighted by Crippen LogP contribution is -2.42. The molecule has 88 valence electrons. The van der Waals surface area contributed by atoms with E-state index in [0.29, 0.717) is 0 Å². The molecular formula is C13H19NO2. The van der Waals surface area contributed by atoms with Crippen molar-refractivity contribution in [2.75, 3.05) is 7.11 Å². The minimum absolute atomic E-state index is 0.144. The summed E-state index contributed by atoms with van der Waals surface area (Å²) in [5, 5.41) is 3.25. The third-order valence-electron chi connectivity index (χ3n) is 2.15. The van der Waals surface area contributed by atoms with Crippen LogP contribution < -0.4 is 5.32 Å². The highest BCUT2D eigenvalue weighted by Gasteiger charge is 2.25. The highest BCUT2D eigenvalue weighted by Crippen LogP contribution is 2.17. The van der Waals surface area contributed by atoms with Crippen LogP contribution in [0.3, 0.4) is 0 Å². The molecule has 0 aliphatic carbocycles. The summed E-state index contributed by atoms with van der Waals surface area (Å²) >= 11 is 0. The van der Waals surface area contributed by atoms with Crippen molar-refractivity contribution in [1.82, 2.24) is 5.32 Å². The SMILES string of the molecule is COC(=O)C(NC(C)(C)C)c1ccccc1. The van der Waals surface area contributed by atoms with E-state index in [1.807, 2.05) is 51.1 Å². The molecule has 0 bridgehead atoms. The number of nitrogens with one attached hydrogen (secondary N) is 1. The van der Waals surface area contributed by atoms with E-state index in [1.165, 1.54) is 7.11 Å². The van der Waals surface area contributed by atoms with Gasteiger partial charge in [-0.05, 0) is 26.3 Å². The largest absolute Gasteiger partial charge is 0.468 e. The van der Waals surface area contributed by atoms with Gasteiger partial charge in [0.1, 0.15) is 6.04 Å². The third-order valence-corrected chi connectivity index (χ3v) is 2.15. The maximum Gasteiger partial charge on any atom is 0.327 e. The molecule has 1 aromatic carbocycles. The second-order valence-electron chi connectivity index (χ2n) is 4.76. The Labute approximate surface area is 96.8 Å². The summed E-state index contributed by atoms with van der Waals surface area (Å²) in [6.07, 6.45) is 0. The van der Waals surface area contributed by atoms with Crippen LogP contribution in [0.4, 0.5) is 0 Å². The summed E-state index contributed by atoms with van der Waals surface area (Å²) in [5.41, 5.74) is 0.776. The molecule has 1 unspecified atom stereocenters. The van der Waals surface area contributed by atoms with Crippen molar-refractivity contribution in [2.24, 2.45) is 0 Å². The molecule has 0 aromatic heterocycles. The minimum atomic E-state index is -0.411. The summed E-state index contributed by atoms with van der Waals surface area (Å²) in [5.74, 6) is -0.263. The molecule has 3 heteroatoms. The van der Waals surface area contributed by atoms with Crippen molar-refractivity contribution in [2.45, 2.75) is 32.4 Å². The standard InChI is InChI=1S/C13H19NO2/c1-13(2,3)14-11(12(15)16-4)10-8-6-5-7-9-10/h5-9,11,14H,1-4H3. The van der Waals surface area contributed by atoms with Gasteiger partial charge in [0.25, 0.3) is 0 Å². The van der Waals surface area contributed by atoms with E-state index in [4.69, 9.17) is 4.74 Å². The first-order valence-corrected chi connectivity index (χ1v) is 5.34. The lowest BCUT2D eigenvalue weighted by molar-refractivity contribution is -0.143. The quantitative estimate of drug-likeness (QED) is 0.796. The van der Waals surface area contributed by atoms with Crippen molar-refractivity contribution in [3.63, 3.8) is 0 Å². The summed E-state index contributed by atoms with van der Waals surface area (Å²) in [6.45, 7) is 6.06. The molecule has 0 fully saturated rings. The number of hydrogen-bond donors (Lipinski definition) is 1. The van der Waals surface area contributed by atoms with Gasteiger partial charge in [0.15, 0.2) is 0 Å². The van der Waals surface area contributed by atoms with E-state index in [2.05, 4.69) is 5.32 Å². The zero-order valence-corrected chi connectivity index (χ0v) is 10.3. The first-order chi connectivity index (χ1) is 7.44. The van der Waals surface area contributed by atoms with Crippen LogP contribution in [-0.4, -0.2) is 18.6 Å². The Bertz CT molecular complexity index is 341. The van der Waals surface area contributed by atoms with Gasteiger partial charge in [-0.3, -0.25) is 5.32 Å². The predicted octanol–water partition coefficient (Wildman–Crippen LogP) is 2.29. The summed E-state index contributed by atoms with van der Waals surface area (Å²) in [4.78, 5) is 11.7. The normalized spacial score (nSPS) is 13.2. The first-order valence-electron chi connectivity index (χ1n) is 5.34. The number of carbonyl (C=O) groups is 1. The number of hydrogen-bond acceptors (Lipinski definition) is 3. The van der Waals surface area contributed by atoms with Gasteiger partial charge < -0.3 is 4.74 Å². The van der Waals surface area contributed by atoms with Gasteiger partial charge in [0.2, 0.25) is 0 Å². The van der Waals surface area contributed by atoms with Crippen LogP contribution >= 0.6 is 0 Å². The fourth-order valence-electron chi connectivity index (χ4n) is 1.47. The molecular weight excluding hydrogens is 202 g/mol. The van der Waals surface area contributed by atoms with E-state index in [-0.39, 0.29) is 11.5 Å². The Morgan fingerprint density at radius 3 is 2.25 bits per heavy atom. The van der Waals surface area contributed by atoms with Gasteiger partial charge in [-0.25, -0.2) is 4.79 Å². The van der Waals surface area contributed by atoms with Gasteiger partial charge in [-0.1, -0.05) is 30.3 Å². The molecule has 3 nitrogen and oxygen atoms in total. The molecule has 0 radical (unpaired) electrons. The Balaban J connectivity index is 2.93. The van der Waals surface area contributed by atoms with E-state index >= 15 is 0 Å². The van der Waals surface area contributed by atoms with Crippen molar-refractivity contribution in [1.29, 1.82) is 0 Å². The number of ether oxygens (including phenoxy) is 1. The Morgan fingerprint density at radius 1 is 1.25 bits per heavy atom.